The van der Waals surface area contributed by atoms with Crippen LogP contribution in [0.15, 0.2) is 9.31 Å². The van der Waals surface area contributed by atoms with E-state index in [0.29, 0.717) is 0 Å². The first-order chi connectivity index (χ1) is 8.70. The van der Waals surface area contributed by atoms with E-state index in [4.69, 9.17) is 9.52 Å². The Morgan fingerprint density at radius 3 is 2.47 bits per heavy atom. The highest BCUT2D eigenvalue weighted by molar-refractivity contribution is 7.99. The second-order valence-electron chi connectivity index (χ2n) is 4.12. The standard InChI is InChI=1S/C11H17NO5S2/c1-6(18-4)5-12-19(15,16)10-8(3)17-7(2)9(10)11(13)14/h6,12H,5H2,1-4H3,(H,13,14). The van der Waals surface area contributed by atoms with Crippen LogP contribution in [0.1, 0.15) is 28.8 Å². The van der Waals surface area contributed by atoms with Crippen molar-refractivity contribution in [1.29, 1.82) is 0 Å². The molecule has 0 aromatic carbocycles. The van der Waals surface area contributed by atoms with Gasteiger partial charge in [0.25, 0.3) is 0 Å². The van der Waals surface area contributed by atoms with Gasteiger partial charge in [-0.3, -0.25) is 0 Å². The van der Waals surface area contributed by atoms with E-state index in [-0.39, 0.29) is 33.8 Å². The molecular formula is C11H17NO5S2. The van der Waals surface area contributed by atoms with Crippen molar-refractivity contribution < 1.29 is 22.7 Å². The maximum absolute atomic E-state index is 12.2. The number of carboxylic acids is 1. The second kappa shape index (κ2) is 5.98. The Morgan fingerprint density at radius 1 is 1.42 bits per heavy atom. The molecule has 0 saturated heterocycles. The number of thioether (sulfide) groups is 1. The highest BCUT2D eigenvalue weighted by Crippen LogP contribution is 2.26. The zero-order valence-corrected chi connectivity index (χ0v) is 12.8. The summed E-state index contributed by atoms with van der Waals surface area (Å²) in [5.41, 5.74) is -0.304. The number of carboxylic acid groups (broad SMARTS) is 1. The molecule has 1 unspecified atom stereocenters. The average Bonchev–Trinajstić information content (AvgIpc) is 2.61. The maximum atomic E-state index is 12.2. The number of hydrogen-bond acceptors (Lipinski definition) is 5. The first-order valence-electron chi connectivity index (χ1n) is 5.56. The first-order valence-corrected chi connectivity index (χ1v) is 8.33. The maximum Gasteiger partial charge on any atom is 0.340 e. The number of sulfonamides is 1. The Kier molecular flexibility index (Phi) is 5.05. The van der Waals surface area contributed by atoms with Gasteiger partial charge in [0.05, 0.1) is 0 Å². The van der Waals surface area contributed by atoms with Crippen LogP contribution in [-0.2, 0) is 10.0 Å². The molecule has 0 amide bonds. The van der Waals surface area contributed by atoms with Gasteiger partial charge in [-0.1, -0.05) is 6.92 Å². The predicted molar refractivity (Wildman–Crippen MR) is 73.3 cm³/mol. The summed E-state index contributed by atoms with van der Waals surface area (Å²) in [7, 11) is -3.89. The van der Waals surface area contributed by atoms with E-state index in [1.807, 2.05) is 13.2 Å². The molecule has 0 saturated carbocycles. The fourth-order valence-electron chi connectivity index (χ4n) is 1.62. The molecule has 1 heterocycles. The third-order valence-electron chi connectivity index (χ3n) is 2.65. The van der Waals surface area contributed by atoms with Crippen molar-refractivity contribution in [3.05, 3.63) is 17.1 Å². The van der Waals surface area contributed by atoms with Crippen molar-refractivity contribution in [2.45, 2.75) is 30.9 Å². The molecule has 19 heavy (non-hydrogen) atoms. The summed E-state index contributed by atoms with van der Waals surface area (Å²) in [6.45, 7) is 4.97. The molecule has 2 N–H and O–H groups in total. The molecule has 108 valence electrons. The van der Waals surface area contributed by atoms with Crippen LogP contribution in [0, 0.1) is 13.8 Å². The third-order valence-corrected chi connectivity index (χ3v) is 5.20. The Hall–Kier alpha value is -0.990. The van der Waals surface area contributed by atoms with Gasteiger partial charge in [-0.2, -0.15) is 11.8 Å². The van der Waals surface area contributed by atoms with E-state index in [1.54, 1.807) is 0 Å². The fourth-order valence-corrected chi connectivity index (χ4v) is 3.51. The first kappa shape index (κ1) is 16.1. The van der Waals surface area contributed by atoms with Crippen LogP contribution in [0.5, 0.6) is 0 Å². The van der Waals surface area contributed by atoms with Crippen molar-refractivity contribution in [3.63, 3.8) is 0 Å². The zero-order valence-electron chi connectivity index (χ0n) is 11.2. The van der Waals surface area contributed by atoms with Gasteiger partial charge in [0.1, 0.15) is 22.0 Å². The number of rotatable bonds is 6. The molecule has 1 rings (SSSR count). The molecule has 0 fully saturated rings. The summed E-state index contributed by atoms with van der Waals surface area (Å²) in [6, 6.07) is 0. The van der Waals surface area contributed by atoms with E-state index in [9.17, 15) is 13.2 Å². The number of nitrogens with one attached hydrogen (secondary N) is 1. The SMILES string of the molecule is CSC(C)CNS(=O)(=O)c1c(C)oc(C)c1C(=O)O. The number of carbonyl (C=O) groups is 1. The minimum atomic E-state index is -3.89. The number of aromatic carboxylic acids is 1. The molecule has 1 atom stereocenters. The van der Waals surface area contributed by atoms with E-state index >= 15 is 0 Å². The number of aryl methyl sites for hydroxylation is 2. The molecule has 0 spiro atoms. The average molecular weight is 307 g/mol. The van der Waals surface area contributed by atoms with Crippen LogP contribution in [0.3, 0.4) is 0 Å². The normalized spacial score (nSPS) is 13.5. The Bertz CT molecular complexity index is 576. The topological polar surface area (TPSA) is 96.6 Å². The molecule has 1 aromatic heterocycles. The van der Waals surface area contributed by atoms with Crippen molar-refractivity contribution >= 4 is 27.8 Å². The van der Waals surface area contributed by atoms with Gasteiger partial charge in [0.15, 0.2) is 0 Å². The molecular weight excluding hydrogens is 290 g/mol. The highest BCUT2D eigenvalue weighted by atomic mass is 32.2. The summed E-state index contributed by atoms with van der Waals surface area (Å²) >= 11 is 1.51. The van der Waals surface area contributed by atoms with Crippen molar-refractivity contribution in [3.8, 4) is 0 Å². The molecule has 0 bridgehead atoms. The lowest BCUT2D eigenvalue weighted by Crippen LogP contribution is -2.30. The summed E-state index contributed by atoms with van der Waals surface area (Å²) in [4.78, 5) is 10.9. The van der Waals surface area contributed by atoms with Crippen LogP contribution >= 0.6 is 11.8 Å². The van der Waals surface area contributed by atoms with E-state index in [1.165, 1.54) is 25.6 Å². The van der Waals surface area contributed by atoms with Gasteiger partial charge in [0.2, 0.25) is 10.0 Å². The second-order valence-corrected chi connectivity index (χ2v) is 7.10. The van der Waals surface area contributed by atoms with Gasteiger partial charge in [-0.25, -0.2) is 17.9 Å². The van der Waals surface area contributed by atoms with Gasteiger partial charge < -0.3 is 9.52 Å². The summed E-state index contributed by atoms with van der Waals surface area (Å²) in [6.07, 6.45) is 1.87. The molecule has 1 aromatic rings. The minimum Gasteiger partial charge on any atom is -0.478 e. The van der Waals surface area contributed by atoms with Crippen LogP contribution in [0.2, 0.25) is 0 Å². The van der Waals surface area contributed by atoms with Crippen LogP contribution in [0.4, 0.5) is 0 Å². The quantitative estimate of drug-likeness (QED) is 0.829. The van der Waals surface area contributed by atoms with E-state index in [0.717, 1.165) is 0 Å². The molecule has 0 aliphatic carbocycles. The lowest BCUT2D eigenvalue weighted by Gasteiger charge is -2.10. The molecule has 6 nitrogen and oxygen atoms in total. The molecule has 8 heteroatoms. The summed E-state index contributed by atoms with van der Waals surface area (Å²) in [5, 5.41) is 9.18. The van der Waals surface area contributed by atoms with Gasteiger partial charge in [-0.15, -0.1) is 0 Å². The Morgan fingerprint density at radius 2 is 2.00 bits per heavy atom. The number of furan rings is 1. The Balaban J connectivity index is 3.18. The monoisotopic (exact) mass is 307 g/mol. The van der Waals surface area contributed by atoms with Crippen molar-refractivity contribution in [1.82, 2.24) is 4.72 Å². The smallest absolute Gasteiger partial charge is 0.340 e. The minimum absolute atomic E-state index is 0.0826. The van der Waals surface area contributed by atoms with Gasteiger partial charge in [-0.05, 0) is 20.1 Å². The number of hydrogen-bond donors (Lipinski definition) is 2. The van der Waals surface area contributed by atoms with E-state index < -0.39 is 16.0 Å². The Labute approximate surface area is 116 Å². The summed E-state index contributed by atoms with van der Waals surface area (Å²) < 4.78 is 31.9. The fraction of sp³-hybridized carbons (Fsp3) is 0.545. The van der Waals surface area contributed by atoms with Crippen molar-refractivity contribution in [2.75, 3.05) is 12.8 Å². The molecule has 0 radical (unpaired) electrons. The lowest BCUT2D eigenvalue weighted by molar-refractivity contribution is 0.0691. The van der Waals surface area contributed by atoms with Crippen LogP contribution in [-0.4, -0.2) is 37.5 Å². The molecule has 0 aliphatic rings. The van der Waals surface area contributed by atoms with Gasteiger partial charge in [0, 0.05) is 11.8 Å². The highest BCUT2D eigenvalue weighted by Gasteiger charge is 2.30. The van der Waals surface area contributed by atoms with E-state index in [2.05, 4.69) is 4.72 Å². The largest absolute Gasteiger partial charge is 0.478 e. The van der Waals surface area contributed by atoms with Crippen LogP contribution in [0.25, 0.3) is 0 Å². The third kappa shape index (κ3) is 3.52. The van der Waals surface area contributed by atoms with Crippen LogP contribution < -0.4 is 4.72 Å². The zero-order chi connectivity index (χ0) is 14.8. The van der Waals surface area contributed by atoms with Gasteiger partial charge >= 0.3 is 5.97 Å². The lowest BCUT2D eigenvalue weighted by atomic mass is 10.2. The summed E-state index contributed by atoms with van der Waals surface area (Å²) in [5.74, 6) is -1.14. The predicted octanol–water partition coefficient (Wildman–Crippen LogP) is 1.62. The molecule has 0 aliphatic heterocycles. The van der Waals surface area contributed by atoms with Crippen molar-refractivity contribution in [2.24, 2.45) is 0 Å².